The molecule has 40 heavy (non-hydrogen) atoms. The number of rotatable bonds is 7. The highest BCUT2D eigenvalue weighted by molar-refractivity contribution is 6.38. The molecule has 0 saturated heterocycles. The molecule has 0 N–H and O–H groups in total. The van der Waals surface area contributed by atoms with Crippen LogP contribution in [0.2, 0.25) is 10.0 Å². The maximum atomic E-state index is 12.2. The first-order valence-electron chi connectivity index (χ1n) is 13.8. The Hall–Kier alpha value is -3.00. The lowest BCUT2D eigenvalue weighted by molar-refractivity contribution is -0.127. The van der Waals surface area contributed by atoms with Crippen molar-refractivity contribution in [2.75, 3.05) is 7.11 Å². The van der Waals surface area contributed by atoms with E-state index >= 15 is 0 Å². The number of fused-ring (bicyclic) bond motifs is 4. The molecule has 4 fully saturated rings. The monoisotopic (exact) mass is 577 g/mol. The lowest BCUT2D eigenvalue weighted by Crippen LogP contribution is -2.50. The van der Waals surface area contributed by atoms with Crippen LogP contribution < -0.4 is 0 Å². The second-order valence-electron chi connectivity index (χ2n) is 11.4. The molecule has 3 heterocycles. The van der Waals surface area contributed by atoms with Gasteiger partial charge in [0, 0.05) is 45.9 Å². The van der Waals surface area contributed by atoms with Crippen molar-refractivity contribution in [2.24, 2.45) is 0 Å². The summed E-state index contributed by atoms with van der Waals surface area (Å²) in [6, 6.07) is 9.74. The average Bonchev–Trinajstić information content (AvgIpc) is 3.75. The molecule has 7 nitrogen and oxygen atoms in total. The highest BCUT2D eigenvalue weighted by atomic mass is 35.5. The van der Waals surface area contributed by atoms with E-state index in [4.69, 9.17) is 42.2 Å². The van der Waals surface area contributed by atoms with Gasteiger partial charge in [-0.2, -0.15) is 0 Å². The molecule has 0 unspecified atom stereocenters. The van der Waals surface area contributed by atoms with Crippen LogP contribution in [0.4, 0.5) is 0 Å². The maximum Gasteiger partial charge on any atom is 0.338 e. The van der Waals surface area contributed by atoms with Crippen molar-refractivity contribution in [2.45, 2.75) is 74.9 Å². The number of carbonyl (C=O) groups excluding carboxylic acids is 1. The molecular weight excluding hydrogens is 549 g/mol. The van der Waals surface area contributed by atoms with Crippen LogP contribution in [0, 0.1) is 0 Å². The molecular formula is C31H29Cl2N3O4. The molecule has 0 atom stereocenters. The Balaban J connectivity index is 1.12. The van der Waals surface area contributed by atoms with Crippen LogP contribution in [-0.4, -0.2) is 33.8 Å². The summed E-state index contributed by atoms with van der Waals surface area (Å²) in [7, 11) is 1.40. The number of hydrogen-bond donors (Lipinski definition) is 0. The molecule has 4 aromatic rings. The van der Waals surface area contributed by atoms with Crippen molar-refractivity contribution < 1.29 is 18.8 Å². The van der Waals surface area contributed by atoms with Gasteiger partial charge in [0.1, 0.15) is 11.5 Å². The van der Waals surface area contributed by atoms with Crippen molar-refractivity contribution in [3.05, 3.63) is 75.4 Å². The van der Waals surface area contributed by atoms with Crippen LogP contribution in [0.1, 0.15) is 84.7 Å². The Labute approximate surface area is 242 Å². The summed E-state index contributed by atoms with van der Waals surface area (Å²) >= 11 is 13.0. The largest absolute Gasteiger partial charge is 0.465 e. The number of aromatic nitrogens is 3. The van der Waals surface area contributed by atoms with E-state index in [-0.39, 0.29) is 17.0 Å². The summed E-state index contributed by atoms with van der Waals surface area (Å²) in [5.41, 5.74) is 4.58. The third-order valence-corrected chi connectivity index (χ3v) is 9.81. The number of methoxy groups -OCH3 is 1. The molecule has 1 aromatic carbocycles. The predicted molar refractivity (Wildman–Crippen MR) is 152 cm³/mol. The minimum Gasteiger partial charge on any atom is -0.465 e. The summed E-state index contributed by atoms with van der Waals surface area (Å²) in [6.07, 6.45) is 11.3. The zero-order valence-electron chi connectivity index (χ0n) is 22.2. The highest BCUT2D eigenvalue weighted by Crippen LogP contribution is 2.55. The lowest BCUT2D eigenvalue weighted by Gasteiger charge is -2.52. The fourth-order valence-corrected chi connectivity index (χ4v) is 7.22. The minimum absolute atomic E-state index is 0.0280. The van der Waals surface area contributed by atoms with Crippen molar-refractivity contribution in [3.63, 3.8) is 0 Å². The number of halogens is 2. The smallest absolute Gasteiger partial charge is 0.338 e. The third kappa shape index (κ3) is 4.30. The summed E-state index contributed by atoms with van der Waals surface area (Å²) < 4.78 is 17.6. The molecule has 4 aliphatic carbocycles. The quantitative estimate of drug-likeness (QED) is 0.207. The van der Waals surface area contributed by atoms with E-state index in [0.29, 0.717) is 39.4 Å². The van der Waals surface area contributed by atoms with Crippen molar-refractivity contribution >= 4 is 40.1 Å². The van der Waals surface area contributed by atoms with Gasteiger partial charge in [-0.3, -0.25) is 9.97 Å². The number of hydrogen-bond acceptors (Lipinski definition) is 7. The number of pyridine rings is 2. The minimum atomic E-state index is -0.343. The van der Waals surface area contributed by atoms with Crippen LogP contribution in [0.25, 0.3) is 22.2 Å². The maximum absolute atomic E-state index is 12.2. The van der Waals surface area contributed by atoms with Gasteiger partial charge < -0.3 is 14.0 Å². The van der Waals surface area contributed by atoms with Crippen LogP contribution in [0.5, 0.6) is 0 Å². The fraction of sp³-hybridized carbons (Fsp3) is 0.419. The van der Waals surface area contributed by atoms with E-state index in [2.05, 4.69) is 16.2 Å². The molecule has 4 saturated carbocycles. The Morgan fingerprint density at radius 2 is 1.75 bits per heavy atom. The van der Waals surface area contributed by atoms with E-state index in [1.54, 1.807) is 18.5 Å². The third-order valence-electron chi connectivity index (χ3n) is 9.24. The van der Waals surface area contributed by atoms with Gasteiger partial charge in [-0.15, -0.1) is 0 Å². The molecule has 9 heteroatoms. The van der Waals surface area contributed by atoms with E-state index < -0.39 is 0 Å². The van der Waals surface area contributed by atoms with Crippen molar-refractivity contribution in [1.82, 2.24) is 15.1 Å². The first kappa shape index (κ1) is 25.9. The lowest BCUT2D eigenvalue weighted by atomic mass is 9.57. The van der Waals surface area contributed by atoms with Crippen molar-refractivity contribution in [1.29, 1.82) is 0 Å². The van der Waals surface area contributed by atoms with E-state index in [9.17, 15) is 4.79 Å². The molecule has 3 aromatic heterocycles. The summed E-state index contributed by atoms with van der Waals surface area (Å²) in [4.78, 5) is 21.4. The number of benzene rings is 1. The molecule has 206 valence electrons. The normalized spacial score (nSPS) is 24.0. The standard InChI is InChI=1S/C31H29Cl2N3O4/c1-38-29(37)20-3-2-4-24-19(20)7-8-25(35-24)30-9-12-31(13-10-30,14-11-30)39-17-21-27(36-40-28(21)18-5-6-18)26-22(32)15-34-16-23(26)33/h2-4,7-8,15-16,18H,5-6,9-14,17H2,1H3. The zero-order chi connectivity index (χ0) is 27.5. The topological polar surface area (TPSA) is 87.3 Å². The first-order valence-corrected chi connectivity index (χ1v) is 14.6. The Morgan fingerprint density at radius 1 is 1.02 bits per heavy atom. The van der Waals surface area contributed by atoms with Gasteiger partial charge >= 0.3 is 5.97 Å². The second kappa shape index (κ2) is 9.82. The van der Waals surface area contributed by atoms with Gasteiger partial charge in [0.2, 0.25) is 0 Å². The fourth-order valence-electron chi connectivity index (χ4n) is 6.68. The SMILES string of the molecule is COC(=O)c1cccc2nc(C34CCC(OCc5c(-c6c(Cl)cncc6Cl)noc5C5CC5)(CC3)CC4)ccc12. The average molecular weight is 578 g/mol. The van der Waals surface area contributed by atoms with Crippen LogP contribution in [-0.2, 0) is 21.5 Å². The first-order chi connectivity index (χ1) is 19.4. The summed E-state index contributed by atoms with van der Waals surface area (Å²) in [5.74, 6) is 0.925. The highest BCUT2D eigenvalue weighted by Gasteiger charge is 2.51. The predicted octanol–water partition coefficient (Wildman–Crippen LogP) is 7.82. The van der Waals surface area contributed by atoms with Crippen LogP contribution in [0.15, 0.2) is 47.2 Å². The Morgan fingerprint density at radius 3 is 2.42 bits per heavy atom. The summed E-state index contributed by atoms with van der Waals surface area (Å²) in [6.45, 7) is 0.414. The van der Waals surface area contributed by atoms with Crippen LogP contribution in [0.3, 0.4) is 0 Å². The van der Waals surface area contributed by atoms with Gasteiger partial charge in [0.25, 0.3) is 0 Å². The van der Waals surface area contributed by atoms with Crippen molar-refractivity contribution in [3.8, 4) is 11.3 Å². The van der Waals surface area contributed by atoms with E-state index in [1.165, 1.54) is 7.11 Å². The van der Waals surface area contributed by atoms with Gasteiger partial charge in [0.15, 0.2) is 0 Å². The van der Waals surface area contributed by atoms with E-state index in [1.807, 2.05) is 18.2 Å². The molecule has 2 bridgehead atoms. The molecule has 8 rings (SSSR count). The van der Waals surface area contributed by atoms with Gasteiger partial charge in [-0.25, -0.2) is 4.79 Å². The Kier molecular flexibility index (Phi) is 6.37. The zero-order valence-corrected chi connectivity index (χ0v) is 23.7. The number of esters is 1. The van der Waals surface area contributed by atoms with Gasteiger partial charge in [-0.05, 0) is 69.6 Å². The number of nitrogens with zero attached hydrogens (tertiary/aromatic N) is 3. The Bertz CT molecular complexity index is 1590. The van der Waals surface area contributed by atoms with E-state index in [0.717, 1.165) is 79.3 Å². The molecule has 0 radical (unpaired) electrons. The second-order valence-corrected chi connectivity index (χ2v) is 12.3. The number of ether oxygens (including phenoxy) is 2. The number of carbonyl (C=O) groups is 1. The molecule has 4 aliphatic rings. The molecule has 0 amide bonds. The van der Waals surface area contributed by atoms with Crippen LogP contribution >= 0.6 is 23.2 Å². The molecule has 0 spiro atoms. The van der Waals surface area contributed by atoms with Gasteiger partial charge in [-0.1, -0.05) is 40.5 Å². The summed E-state index contributed by atoms with van der Waals surface area (Å²) in [5, 5.41) is 6.12. The molecule has 0 aliphatic heterocycles. The van der Waals surface area contributed by atoms with Gasteiger partial charge in [0.05, 0.1) is 40.4 Å².